The molecule has 0 spiro atoms. The van der Waals surface area contributed by atoms with E-state index in [1.807, 2.05) is 79.5 Å². The van der Waals surface area contributed by atoms with Gasteiger partial charge in [-0.25, -0.2) is 0 Å². The molecule has 0 fully saturated rings. The number of hydrogen-bond donors (Lipinski definition) is 0. The van der Waals surface area contributed by atoms with Crippen LogP contribution in [0, 0.1) is 0 Å². The summed E-state index contributed by atoms with van der Waals surface area (Å²) in [4.78, 5) is 16.1. The Morgan fingerprint density at radius 3 is 2.46 bits per heavy atom. The molecule has 0 radical (unpaired) electrons. The molecule has 0 aliphatic carbocycles. The maximum absolute atomic E-state index is 12.2. The summed E-state index contributed by atoms with van der Waals surface area (Å²) in [5.74, 6) is 1.19. The lowest BCUT2D eigenvalue weighted by Crippen LogP contribution is -2.14. The summed E-state index contributed by atoms with van der Waals surface area (Å²) in [5, 5.41) is 0. The predicted molar refractivity (Wildman–Crippen MR) is 98.4 cm³/mol. The van der Waals surface area contributed by atoms with Crippen LogP contribution >= 0.6 is 0 Å². The zero-order valence-electron chi connectivity index (χ0n) is 14.1. The first-order valence-electron chi connectivity index (χ1n) is 7.76. The first-order valence-corrected chi connectivity index (χ1v) is 7.76. The third-order valence-electron chi connectivity index (χ3n) is 3.89. The number of anilines is 2. The highest BCUT2D eigenvalue weighted by Crippen LogP contribution is 2.37. The number of para-hydroxylation sites is 2. The van der Waals surface area contributed by atoms with E-state index in [9.17, 15) is 4.79 Å². The lowest BCUT2D eigenvalue weighted by molar-refractivity contribution is -0.110. The van der Waals surface area contributed by atoms with E-state index in [1.54, 1.807) is 12.2 Å². The highest BCUT2D eigenvalue weighted by atomic mass is 16.5. The van der Waals surface area contributed by atoms with E-state index in [0.29, 0.717) is 5.88 Å². The quantitative estimate of drug-likeness (QED) is 0.804. The standard InChI is InChI=1S/C20H20N2O2/c1-21(2)16-11-8-15(9-12-16)10-13-17(23)14-20-22(3)18-6-4-5-7-19(18)24-20/h4-14H,1-3H3/b13-10+,20-14-. The second-order valence-electron chi connectivity index (χ2n) is 5.83. The molecule has 122 valence electrons. The summed E-state index contributed by atoms with van der Waals surface area (Å²) in [7, 11) is 5.88. The van der Waals surface area contributed by atoms with Crippen LogP contribution in [0.15, 0.2) is 66.6 Å². The van der Waals surface area contributed by atoms with Gasteiger partial charge < -0.3 is 14.5 Å². The van der Waals surface area contributed by atoms with E-state index < -0.39 is 0 Å². The number of benzene rings is 2. The number of allylic oxidation sites excluding steroid dienone is 2. The minimum absolute atomic E-state index is 0.110. The minimum Gasteiger partial charge on any atom is -0.438 e. The summed E-state index contributed by atoms with van der Waals surface area (Å²) < 4.78 is 5.71. The maximum atomic E-state index is 12.2. The first kappa shape index (κ1) is 15.9. The molecule has 0 unspecified atom stereocenters. The van der Waals surface area contributed by atoms with E-state index in [-0.39, 0.29) is 5.78 Å². The summed E-state index contributed by atoms with van der Waals surface area (Å²) in [5.41, 5.74) is 3.07. The van der Waals surface area contributed by atoms with Crippen LogP contribution in [-0.4, -0.2) is 26.9 Å². The molecule has 0 atom stereocenters. The van der Waals surface area contributed by atoms with Crippen LogP contribution in [0.1, 0.15) is 5.56 Å². The molecule has 0 N–H and O–H groups in total. The summed E-state index contributed by atoms with van der Waals surface area (Å²) in [6.45, 7) is 0. The van der Waals surface area contributed by atoms with Crippen molar-refractivity contribution in [1.29, 1.82) is 0 Å². The van der Waals surface area contributed by atoms with Crippen molar-refractivity contribution >= 4 is 23.2 Å². The number of ether oxygens (including phenoxy) is 1. The molecule has 0 aromatic heterocycles. The molecule has 1 aliphatic rings. The molecule has 4 heteroatoms. The Morgan fingerprint density at radius 2 is 1.79 bits per heavy atom. The highest BCUT2D eigenvalue weighted by molar-refractivity contribution is 6.02. The Balaban J connectivity index is 1.70. The fourth-order valence-electron chi connectivity index (χ4n) is 2.48. The molecule has 2 aromatic rings. The van der Waals surface area contributed by atoms with Crippen molar-refractivity contribution in [2.24, 2.45) is 0 Å². The van der Waals surface area contributed by atoms with Crippen LogP contribution in [0.25, 0.3) is 6.08 Å². The predicted octanol–water partition coefficient (Wildman–Crippen LogP) is 3.71. The average Bonchev–Trinajstić information content (AvgIpc) is 2.89. The number of rotatable bonds is 4. The van der Waals surface area contributed by atoms with Gasteiger partial charge in [-0.2, -0.15) is 0 Å². The van der Waals surface area contributed by atoms with Gasteiger partial charge in [-0.1, -0.05) is 30.3 Å². The molecule has 1 heterocycles. The van der Waals surface area contributed by atoms with Crippen molar-refractivity contribution in [3.8, 4) is 5.75 Å². The van der Waals surface area contributed by atoms with Crippen LogP contribution in [0.3, 0.4) is 0 Å². The van der Waals surface area contributed by atoms with Gasteiger partial charge in [0, 0.05) is 32.9 Å². The lowest BCUT2D eigenvalue weighted by Gasteiger charge is -2.11. The SMILES string of the molecule is CN(C)c1ccc(/C=C/C(=O)/C=C2\Oc3ccccc3N2C)cc1. The third kappa shape index (κ3) is 3.33. The minimum atomic E-state index is -0.110. The Hall–Kier alpha value is -3.01. The van der Waals surface area contributed by atoms with Crippen LogP contribution in [-0.2, 0) is 4.79 Å². The highest BCUT2D eigenvalue weighted by Gasteiger charge is 2.22. The summed E-state index contributed by atoms with van der Waals surface area (Å²) in [6, 6.07) is 15.7. The van der Waals surface area contributed by atoms with Crippen molar-refractivity contribution in [3.05, 3.63) is 72.1 Å². The van der Waals surface area contributed by atoms with Gasteiger partial charge in [0.05, 0.1) is 5.69 Å². The number of fused-ring (bicyclic) bond motifs is 1. The number of hydrogen-bond acceptors (Lipinski definition) is 4. The number of nitrogens with zero attached hydrogens (tertiary/aromatic N) is 2. The number of carbonyl (C=O) groups excluding carboxylic acids is 1. The molecule has 1 aliphatic heterocycles. The number of carbonyl (C=O) groups is 1. The van der Waals surface area contributed by atoms with Gasteiger partial charge >= 0.3 is 0 Å². The molecule has 2 aromatic carbocycles. The van der Waals surface area contributed by atoms with Crippen molar-refractivity contribution in [1.82, 2.24) is 0 Å². The monoisotopic (exact) mass is 320 g/mol. The molecule has 24 heavy (non-hydrogen) atoms. The topological polar surface area (TPSA) is 32.8 Å². The smallest absolute Gasteiger partial charge is 0.204 e. The maximum Gasteiger partial charge on any atom is 0.204 e. The van der Waals surface area contributed by atoms with E-state index in [2.05, 4.69) is 0 Å². The summed E-state index contributed by atoms with van der Waals surface area (Å²) in [6.07, 6.45) is 4.86. The molecule has 3 rings (SSSR count). The molecule has 0 amide bonds. The lowest BCUT2D eigenvalue weighted by atomic mass is 10.1. The Bertz CT molecular complexity index is 805. The largest absolute Gasteiger partial charge is 0.438 e. The van der Waals surface area contributed by atoms with Crippen molar-refractivity contribution in [2.45, 2.75) is 0 Å². The second-order valence-corrected chi connectivity index (χ2v) is 5.83. The molecule has 4 nitrogen and oxygen atoms in total. The van der Waals surface area contributed by atoms with Gasteiger partial charge in [0.1, 0.15) is 0 Å². The van der Waals surface area contributed by atoms with Gasteiger partial charge in [-0.15, -0.1) is 0 Å². The van der Waals surface area contributed by atoms with Crippen LogP contribution in [0.5, 0.6) is 5.75 Å². The van der Waals surface area contributed by atoms with E-state index in [0.717, 1.165) is 22.7 Å². The molecule has 0 bridgehead atoms. The van der Waals surface area contributed by atoms with Crippen LogP contribution in [0.2, 0.25) is 0 Å². The second kappa shape index (κ2) is 6.62. The van der Waals surface area contributed by atoms with Crippen molar-refractivity contribution in [3.63, 3.8) is 0 Å². The molecular weight excluding hydrogens is 300 g/mol. The average molecular weight is 320 g/mol. The third-order valence-corrected chi connectivity index (χ3v) is 3.89. The fourth-order valence-corrected chi connectivity index (χ4v) is 2.48. The van der Waals surface area contributed by atoms with Crippen LogP contribution < -0.4 is 14.5 Å². The van der Waals surface area contributed by atoms with E-state index in [1.165, 1.54) is 6.08 Å². The van der Waals surface area contributed by atoms with Crippen molar-refractivity contribution < 1.29 is 9.53 Å². The van der Waals surface area contributed by atoms with Gasteiger partial charge in [0.2, 0.25) is 5.88 Å². The van der Waals surface area contributed by atoms with E-state index >= 15 is 0 Å². The molecule has 0 saturated heterocycles. The zero-order chi connectivity index (χ0) is 17.1. The Morgan fingerprint density at radius 1 is 1.08 bits per heavy atom. The van der Waals surface area contributed by atoms with Gasteiger partial charge in [-0.05, 0) is 35.9 Å². The van der Waals surface area contributed by atoms with Gasteiger partial charge in [-0.3, -0.25) is 4.79 Å². The Kier molecular flexibility index (Phi) is 4.38. The summed E-state index contributed by atoms with van der Waals surface area (Å²) >= 11 is 0. The van der Waals surface area contributed by atoms with Crippen LogP contribution in [0.4, 0.5) is 11.4 Å². The normalized spacial score (nSPS) is 14.8. The zero-order valence-corrected chi connectivity index (χ0v) is 14.1. The molecule has 0 saturated carbocycles. The first-order chi connectivity index (χ1) is 11.5. The number of ketones is 1. The van der Waals surface area contributed by atoms with Gasteiger partial charge in [0.15, 0.2) is 11.5 Å². The fraction of sp³-hybridized carbons (Fsp3) is 0.150. The molecular formula is C20H20N2O2. The Labute approximate surface area is 142 Å². The van der Waals surface area contributed by atoms with Gasteiger partial charge in [0.25, 0.3) is 0 Å². The van der Waals surface area contributed by atoms with Crippen molar-refractivity contribution in [2.75, 3.05) is 30.9 Å². The van der Waals surface area contributed by atoms with E-state index in [4.69, 9.17) is 4.74 Å².